The first-order valence-corrected chi connectivity index (χ1v) is 9.14. The quantitative estimate of drug-likeness (QED) is 0.869. The number of aryl methyl sites for hydroxylation is 1. The zero-order chi connectivity index (χ0) is 16.5. The highest BCUT2D eigenvalue weighted by molar-refractivity contribution is 5.77. The summed E-state index contributed by atoms with van der Waals surface area (Å²) in [7, 11) is 1.91. The van der Waals surface area contributed by atoms with Crippen molar-refractivity contribution >= 4 is 17.1 Å². The maximum Gasteiger partial charge on any atom is 0.222 e. The third-order valence-electron chi connectivity index (χ3n) is 5.58. The molecule has 2 aromatic rings. The first-order chi connectivity index (χ1) is 11.7. The van der Waals surface area contributed by atoms with Gasteiger partial charge in [-0.15, -0.1) is 0 Å². The van der Waals surface area contributed by atoms with Gasteiger partial charge in [0.1, 0.15) is 5.52 Å². The van der Waals surface area contributed by atoms with Gasteiger partial charge in [-0.1, -0.05) is 12.8 Å². The van der Waals surface area contributed by atoms with Gasteiger partial charge in [0, 0.05) is 44.9 Å². The van der Waals surface area contributed by atoms with Crippen molar-refractivity contribution in [1.82, 2.24) is 24.6 Å². The molecule has 4 rings (SSSR count). The summed E-state index contributed by atoms with van der Waals surface area (Å²) in [5, 5.41) is 4.66. The summed E-state index contributed by atoms with van der Waals surface area (Å²) < 4.78 is 1.80. The smallest absolute Gasteiger partial charge is 0.222 e. The lowest BCUT2D eigenvalue weighted by Gasteiger charge is -2.32. The molecule has 0 aromatic carbocycles. The predicted octanol–water partition coefficient (Wildman–Crippen LogP) is 2.65. The van der Waals surface area contributed by atoms with E-state index in [1.807, 2.05) is 7.05 Å². The van der Waals surface area contributed by atoms with Gasteiger partial charge >= 0.3 is 0 Å². The van der Waals surface area contributed by atoms with E-state index in [4.69, 9.17) is 0 Å². The molecular weight excluding hydrogens is 302 g/mol. The lowest BCUT2D eigenvalue weighted by molar-refractivity contribution is -0.133. The lowest BCUT2D eigenvalue weighted by atomic mass is 9.93. The molecule has 1 saturated carbocycles. The fourth-order valence-corrected chi connectivity index (χ4v) is 4.30. The molecule has 0 spiro atoms. The van der Waals surface area contributed by atoms with Crippen LogP contribution in [0.1, 0.15) is 56.6 Å². The Bertz CT molecular complexity index is 734. The van der Waals surface area contributed by atoms with Crippen LogP contribution in [-0.2, 0) is 11.8 Å². The lowest BCUT2D eigenvalue weighted by Crippen LogP contribution is -2.39. The Balaban J connectivity index is 1.50. The van der Waals surface area contributed by atoms with Crippen molar-refractivity contribution in [2.24, 2.45) is 13.0 Å². The van der Waals surface area contributed by atoms with Crippen molar-refractivity contribution in [3.63, 3.8) is 0 Å². The number of amides is 1. The number of carbonyl (C=O) groups excluding carboxylic acids is 1. The van der Waals surface area contributed by atoms with E-state index >= 15 is 0 Å². The molecule has 1 saturated heterocycles. The molecule has 6 heteroatoms. The predicted molar refractivity (Wildman–Crippen MR) is 91.4 cm³/mol. The zero-order valence-electron chi connectivity index (χ0n) is 14.3. The van der Waals surface area contributed by atoms with Gasteiger partial charge in [-0.25, -0.2) is 14.6 Å². The average molecular weight is 327 g/mol. The van der Waals surface area contributed by atoms with Gasteiger partial charge in [-0.05, 0) is 31.6 Å². The maximum absolute atomic E-state index is 12.7. The fourth-order valence-electron chi connectivity index (χ4n) is 4.30. The fraction of sp³-hybridized carbons (Fsp3) is 0.667. The molecule has 0 bridgehead atoms. The van der Waals surface area contributed by atoms with Crippen molar-refractivity contribution in [1.29, 1.82) is 0 Å². The van der Waals surface area contributed by atoms with E-state index in [1.165, 1.54) is 25.7 Å². The maximum atomic E-state index is 12.7. The molecule has 0 unspecified atom stereocenters. The number of likely N-dealkylation sites (tertiary alicyclic amines) is 1. The van der Waals surface area contributed by atoms with Gasteiger partial charge in [0.25, 0.3) is 0 Å². The van der Waals surface area contributed by atoms with Crippen molar-refractivity contribution in [2.45, 2.75) is 50.9 Å². The first-order valence-electron chi connectivity index (χ1n) is 9.14. The molecule has 128 valence electrons. The van der Waals surface area contributed by atoms with E-state index in [0.29, 0.717) is 11.8 Å². The summed E-state index contributed by atoms with van der Waals surface area (Å²) in [5.41, 5.74) is 2.70. The topological polar surface area (TPSA) is 63.9 Å². The van der Waals surface area contributed by atoms with E-state index in [-0.39, 0.29) is 5.92 Å². The average Bonchev–Trinajstić information content (AvgIpc) is 3.23. The Morgan fingerprint density at radius 2 is 1.96 bits per heavy atom. The molecule has 0 N–H and O–H groups in total. The van der Waals surface area contributed by atoms with E-state index in [9.17, 15) is 4.79 Å². The molecule has 1 aliphatic heterocycles. The molecule has 1 amide bonds. The zero-order valence-corrected chi connectivity index (χ0v) is 14.3. The van der Waals surface area contributed by atoms with Crippen LogP contribution in [0.4, 0.5) is 0 Å². The van der Waals surface area contributed by atoms with E-state index < -0.39 is 0 Å². The molecule has 1 aliphatic carbocycles. The van der Waals surface area contributed by atoms with Crippen LogP contribution in [0.25, 0.3) is 11.2 Å². The second-order valence-corrected chi connectivity index (χ2v) is 7.27. The molecule has 2 aromatic heterocycles. The minimum atomic E-state index is 0.270. The Hall–Kier alpha value is -1.98. The number of rotatable bonds is 3. The first kappa shape index (κ1) is 15.5. The van der Waals surface area contributed by atoms with Crippen molar-refractivity contribution in [3.8, 4) is 0 Å². The standard InChI is InChI=1S/C18H25N5O/c1-22-18-17(19-8-9-20-18)16(21-22)14-7-4-10-23(12-14)15(24)11-13-5-2-3-6-13/h8-9,13-14H,2-7,10-12H2,1H3/t14-/m0/s1. The number of aromatic nitrogens is 4. The molecule has 0 radical (unpaired) electrons. The summed E-state index contributed by atoms with van der Waals surface area (Å²) in [4.78, 5) is 23.6. The third kappa shape index (κ3) is 2.89. The normalized spacial score (nSPS) is 22.4. The number of nitrogens with zero attached hydrogens (tertiary/aromatic N) is 5. The van der Waals surface area contributed by atoms with Crippen LogP contribution in [0.2, 0.25) is 0 Å². The van der Waals surface area contributed by atoms with Gasteiger partial charge in [-0.2, -0.15) is 5.10 Å². The molecule has 2 fully saturated rings. The third-order valence-corrected chi connectivity index (χ3v) is 5.58. The van der Waals surface area contributed by atoms with Gasteiger partial charge < -0.3 is 4.90 Å². The number of fused-ring (bicyclic) bond motifs is 1. The van der Waals surface area contributed by atoms with Gasteiger partial charge in [-0.3, -0.25) is 4.79 Å². The summed E-state index contributed by atoms with van der Waals surface area (Å²) in [5.74, 6) is 1.21. The van der Waals surface area contributed by atoms with Crippen molar-refractivity contribution in [3.05, 3.63) is 18.1 Å². The number of hydrogen-bond donors (Lipinski definition) is 0. The number of carbonyl (C=O) groups is 1. The van der Waals surface area contributed by atoms with Crippen LogP contribution in [0, 0.1) is 5.92 Å². The second-order valence-electron chi connectivity index (χ2n) is 7.27. The summed E-state index contributed by atoms with van der Waals surface area (Å²) in [6.45, 7) is 1.66. The highest BCUT2D eigenvalue weighted by atomic mass is 16.2. The second kappa shape index (κ2) is 6.49. The molecule has 6 nitrogen and oxygen atoms in total. The summed E-state index contributed by atoms with van der Waals surface area (Å²) in [6, 6.07) is 0. The van der Waals surface area contributed by atoms with Crippen LogP contribution >= 0.6 is 0 Å². The highest BCUT2D eigenvalue weighted by Gasteiger charge is 2.30. The Morgan fingerprint density at radius 1 is 1.17 bits per heavy atom. The van der Waals surface area contributed by atoms with E-state index in [2.05, 4.69) is 20.0 Å². The Morgan fingerprint density at radius 3 is 2.79 bits per heavy atom. The van der Waals surface area contributed by atoms with Crippen LogP contribution < -0.4 is 0 Å². The number of piperidine rings is 1. The van der Waals surface area contributed by atoms with Crippen molar-refractivity contribution in [2.75, 3.05) is 13.1 Å². The van der Waals surface area contributed by atoms with Crippen LogP contribution in [0.5, 0.6) is 0 Å². The molecule has 2 aliphatic rings. The van der Waals surface area contributed by atoms with Gasteiger partial charge in [0.2, 0.25) is 5.91 Å². The molecule has 24 heavy (non-hydrogen) atoms. The molecule has 3 heterocycles. The van der Waals surface area contributed by atoms with Crippen LogP contribution in [-0.4, -0.2) is 43.6 Å². The van der Waals surface area contributed by atoms with Gasteiger partial charge in [0.05, 0.1) is 5.69 Å². The summed E-state index contributed by atoms with van der Waals surface area (Å²) >= 11 is 0. The Labute approximate surface area is 142 Å². The van der Waals surface area contributed by atoms with E-state index in [0.717, 1.165) is 49.2 Å². The Kier molecular flexibility index (Phi) is 4.21. The monoisotopic (exact) mass is 327 g/mol. The SMILES string of the molecule is Cn1nc([C@H]2CCCN(C(=O)CC3CCCC3)C2)c2nccnc21. The van der Waals surface area contributed by atoms with Crippen molar-refractivity contribution < 1.29 is 4.79 Å². The molecule has 1 atom stereocenters. The minimum absolute atomic E-state index is 0.270. The van der Waals surface area contributed by atoms with E-state index in [1.54, 1.807) is 17.1 Å². The largest absolute Gasteiger partial charge is 0.342 e. The summed E-state index contributed by atoms with van der Waals surface area (Å²) in [6.07, 6.45) is 11.3. The minimum Gasteiger partial charge on any atom is -0.342 e. The van der Waals surface area contributed by atoms with Crippen LogP contribution in [0.15, 0.2) is 12.4 Å². The van der Waals surface area contributed by atoms with Crippen LogP contribution in [0.3, 0.4) is 0 Å². The molecular formula is C18H25N5O. The number of hydrogen-bond acceptors (Lipinski definition) is 4. The van der Waals surface area contributed by atoms with Gasteiger partial charge in [0.15, 0.2) is 5.65 Å². The highest BCUT2D eigenvalue weighted by Crippen LogP contribution is 2.32.